The van der Waals surface area contributed by atoms with E-state index in [1.807, 2.05) is 67.6 Å². The Morgan fingerprint density at radius 3 is 2.30 bits per heavy atom. The average Bonchev–Trinajstić information content (AvgIpc) is 2.46. The van der Waals surface area contributed by atoms with Crippen LogP contribution >= 0.6 is 0 Å². The summed E-state index contributed by atoms with van der Waals surface area (Å²) in [7, 11) is 0. The number of hydrogen-bond acceptors (Lipinski definition) is 2. The summed E-state index contributed by atoms with van der Waals surface area (Å²) in [5.74, 6) is -0.0306. The zero-order valence-electron chi connectivity index (χ0n) is 11.3. The molecule has 3 aromatic rings. The Morgan fingerprint density at radius 2 is 1.60 bits per heavy atom. The minimum atomic E-state index is -0.0306. The van der Waals surface area contributed by atoms with E-state index in [0.717, 1.165) is 16.3 Å². The van der Waals surface area contributed by atoms with Crippen LogP contribution in [0.5, 0.6) is 0 Å². The molecular formula is C18H15NO. The zero-order chi connectivity index (χ0) is 14.1. The normalized spacial score (nSPS) is 10.7. The van der Waals surface area contributed by atoms with Gasteiger partial charge in [-0.3, -0.25) is 4.79 Å². The number of nitrogens with two attached hydrogens (primary N) is 1. The topological polar surface area (TPSA) is 43.1 Å². The molecule has 20 heavy (non-hydrogen) atoms. The fraction of sp³-hybridized carbons (Fsp3) is 0.0556. The predicted octanol–water partition coefficient (Wildman–Crippen LogP) is 3.96. The van der Waals surface area contributed by atoms with E-state index in [0.29, 0.717) is 16.8 Å². The maximum atomic E-state index is 12.6. The highest BCUT2D eigenvalue weighted by molar-refractivity contribution is 6.14. The van der Waals surface area contributed by atoms with Crippen molar-refractivity contribution in [2.24, 2.45) is 0 Å². The van der Waals surface area contributed by atoms with Gasteiger partial charge in [-0.05, 0) is 35.9 Å². The van der Waals surface area contributed by atoms with E-state index >= 15 is 0 Å². The van der Waals surface area contributed by atoms with Gasteiger partial charge in [0, 0.05) is 16.8 Å². The molecule has 0 amide bonds. The Labute approximate surface area is 117 Å². The third-order valence-corrected chi connectivity index (χ3v) is 3.44. The molecule has 0 aliphatic carbocycles. The number of rotatable bonds is 2. The van der Waals surface area contributed by atoms with Gasteiger partial charge in [0.05, 0.1) is 0 Å². The van der Waals surface area contributed by atoms with Gasteiger partial charge >= 0.3 is 0 Å². The smallest absolute Gasteiger partial charge is 0.195 e. The lowest BCUT2D eigenvalue weighted by Gasteiger charge is -2.08. The van der Waals surface area contributed by atoms with Crippen LogP contribution < -0.4 is 5.73 Å². The molecule has 2 N–H and O–H groups in total. The maximum Gasteiger partial charge on any atom is 0.195 e. The number of ketones is 1. The molecule has 0 aliphatic rings. The minimum absolute atomic E-state index is 0.0306. The molecule has 2 heteroatoms. The quantitative estimate of drug-likeness (QED) is 0.560. The Balaban J connectivity index is 2.14. The van der Waals surface area contributed by atoms with E-state index in [4.69, 9.17) is 5.73 Å². The Kier molecular flexibility index (Phi) is 2.99. The van der Waals surface area contributed by atoms with Gasteiger partial charge in [0.1, 0.15) is 0 Å². The highest BCUT2D eigenvalue weighted by atomic mass is 16.1. The largest absolute Gasteiger partial charge is 0.398 e. The molecule has 3 rings (SSSR count). The lowest BCUT2D eigenvalue weighted by atomic mass is 9.97. The Hall–Kier alpha value is -2.61. The molecule has 0 aliphatic heterocycles. The van der Waals surface area contributed by atoms with Crippen molar-refractivity contribution in [1.29, 1.82) is 0 Å². The Bertz CT molecular complexity index is 805. The number of carbonyl (C=O) groups is 1. The molecule has 2 nitrogen and oxygen atoms in total. The summed E-state index contributed by atoms with van der Waals surface area (Å²) in [6.07, 6.45) is 0. The van der Waals surface area contributed by atoms with E-state index in [-0.39, 0.29) is 5.78 Å². The summed E-state index contributed by atoms with van der Waals surface area (Å²) >= 11 is 0. The van der Waals surface area contributed by atoms with Crippen molar-refractivity contribution < 1.29 is 4.79 Å². The van der Waals surface area contributed by atoms with Crippen molar-refractivity contribution in [2.75, 3.05) is 5.73 Å². The summed E-state index contributed by atoms with van der Waals surface area (Å²) in [6.45, 7) is 1.97. The molecule has 3 aromatic carbocycles. The van der Waals surface area contributed by atoms with E-state index in [1.165, 1.54) is 0 Å². The van der Waals surface area contributed by atoms with Gasteiger partial charge in [0.2, 0.25) is 0 Å². The van der Waals surface area contributed by atoms with Crippen LogP contribution in [-0.2, 0) is 0 Å². The van der Waals surface area contributed by atoms with Gasteiger partial charge < -0.3 is 5.73 Å². The molecule has 0 spiro atoms. The summed E-state index contributed by atoms with van der Waals surface area (Å²) in [6, 6.07) is 19.2. The van der Waals surface area contributed by atoms with Crippen molar-refractivity contribution in [3.05, 3.63) is 77.4 Å². The first-order chi connectivity index (χ1) is 9.65. The van der Waals surface area contributed by atoms with E-state index < -0.39 is 0 Å². The second-order valence-corrected chi connectivity index (χ2v) is 4.99. The summed E-state index contributed by atoms with van der Waals surface area (Å²) in [5.41, 5.74) is 8.87. The Morgan fingerprint density at radius 1 is 0.900 bits per heavy atom. The fourth-order valence-corrected chi connectivity index (χ4v) is 2.40. The maximum absolute atomic E-state index is 12.6. The first-order valence-electron chi connectivity index (χ1n) is 6.55. The number of nitrogen functional groups attached to an aromatic ring is 1. The van der Waals surface area contributed by atoms with Gasteiger partial charge in [-0.25, -0.2) is 0 Å². The summed E-state index contributed by atoms with van der Waals surface area (Å²) in [5, 5.41) is 2.07. The van der Waals surface area contributed by atoms with Gasteiger partial charge in [-0.2, -0.15) is 0 Å². The zero-order valence-corrected chi connectivity index (χ0v) is 11.3. The standard InChI is InChI=1S/C18H15NO/c1-12-5-4-8-15(9-12)18(20)16-10-13-6-2-3-7-14(13)11-17(16)19/h2-11H,19H2,1H3. The molecule has 0 bridgehead atoms. The van der Waals surface area contributed by atoms with E-state index in [9.17, 15) is 4.79 Å². The van der Waals surface area contributed by atoms with E-state index in [2.05, 4.69) is 0 Å². The fourth-order valence-electron chi connectivity index (χ4n) is 2.40. The molecular weight excluding hydrogens is 246 g/mol. The van der Waals surface area contributed by atoms with Gasteiger partial charge in [-0.1, -0.05) is 48.0 Å². The lowest BCUT2D eigenvalue weighted by molar-refractivity contribution is 0.103. The third-order valence-electron chi connectivity index (χ3n) is 3.44. The molecule has 0 fully saturated rings. The van der Waals surface area contributed by atoms with Crippen LogP contribution in [0.3, 0.4) is 0 Å². The van der Waals surface area contributed by atoms with E-state index in [1.54, 1.807) is 0 Å². The first-order valence-corrected chi connectivity index (χ1v) is 6.55. The summed E-state index contributed by atoms with van der Waals surface area (Å²) in [4.78, 5) is 12.6. The number of aryl methyl sites for hydroxylation is 1. The number of carbonyl (C=O) groups excluding carboxylic acids is 1. The summed E-state index contributed by atoms with van der Waals surface area (Å²) < 4.78 is 0. The lowest BCUT2D eigenvalue weighted by Crippen LogP contribution is -2.05. The van der Waals surface area contributed by atoms with Crippen LogP contribution in [0.15, 0.2) is 60.7 Å². The van der Waals surface area contributed by atoms with Gasteiger partial charge in [0.15, 0.2) is 5.78 Å². The molecule has 98 valence electrons. The first kappa shape index (κ1) is 12.4. The predicted molar refractivity (Wildman–Crippen MR) is 83.0 cm³/mol. The average molecular weight is 261 g/mol. The molecule has 0 heterocycles. The highest BCUT2D eigenvalue weighted by Gasteiger charge is 2.13. The van der Waals surface area contributed by atoms with Crippen molar-refractivity contribution in [3.8, 4) is 0 Å². The molecule has 0 aromatic heterocycles. The SMILES string of the molecule is Cc1cccc(C(=O)c2cc3ccccc3cc2N)c1. The van der Waals surface area contributed by atoms with Crippen LogP contribution in [0, 0.1) is 6.92 Å². The van der Waals surface area contributed by atoms with Crippen LogP contribution in [0.2, 0.25) is 0 Å². The van der Waals surface area contributed by atoms with Crippen LogP contribution in [0.4, 0.5) is 5.69 Å². The number of benzene rings is 3. The molecule has 0 saturated carbocycles. The monoisotopic (exact) mass is 261 g/mol. The van der Waals surface area contributed by atoms with Crippen molar-refractivity contribution in [1.82, 2.24) is 0 Å². The number of anilines is 1. The third kappa shape index (κ3) is 2.16. The molecule has 0 radical (unpaired) electrons. The van der Waals surface area contributed by atoms with Crippen molar-refractivity contribution in [2.45, 2.75) is 6.92 Å². The number of hydrogen-bond donors (Lipinski definition) is 1. The second-order valence-electron chi connectivity index (χ2n) is 4.99. The number of fused-ring (bicyclic) bond motifs is 1. The van der Waals surface area contributed by atoms with Crippen molar-refractivity contribution >= 4 is 22.2 Å². The van der Waals surface area contributed by atoms with Gasteiger partial charge in [-0.15, -0.1) is 0 Å². The van der Waals surface area contributed by atoms with Gasteiger partial charge in [0.25, 0.3) is 0 Å². The highest BCUT2D eigenvalue weighted by Crippen LogP contribution is 2.24. The van der Waals surface area contributed by atoms with Crippen LogP contribution in [0.1, 0.15) is 21.5 Å². The molecule has 0 atom stereocenters. The molecule has 0 unspecified atom stereocenters. The second kappa shape index (κ2) is 4.82. The van der Waals surface area contributed by atoms with Crippen LogP contribution in [-0.4, -0.2) is 5.78 Å². The van der Waals surface area contributed by atoms with Crippen LogP contribution in [0.25, 0.3) is 10.8 Å². The molecule has 0 saturated heterocycles. The minimum Gasteiger partial charge on any atom is -0.398 e. The van der Waals surface area contributed by atoms with Crippen molar-refractivity contribution in [3.63, 3.8) is 0 Å².